The summed E-state index contributed by atoms with van der Waals surface area (Å²) in [5.41, 5.74) is 0.735. The van der Waals surface area contributed by atoms with Gasteiger partial charge in [-0.3, -0.25) is 10.1 Å². The molecule has 2 aromatic rings. The molecular formula is C17H19ClN2O3S. The Hall–Kier alpha value is -2.05. The Labute approximate surface area is 150 Å². The van der Waals surface area contributed by atoms with Gasteiger partial charge in [0.2, 0.25) is 5.91 Å². The smallest absolute Gasteiger partial charge is 0.250 e. The van der Waals surface area contributed by atoms with Crippen LogP contribution in [-0.2, 0) is 4.79 Å². The van der Waals surface area contributed by atoms with Gasteiger partial charge in [-0.1, -0.05) is 11.6 Å². The van der Waals surface area contributed by atoms with E-state index in [0.717, 1.165) is 10.4 Å². The number of carbonyl (C=O) groups excluding carboxylic acids is 1. The molecule has 1 aromatic heterocycles. The molecule has 128 valence electrons. The monoisotopic (exact) mass is 366 g/mol. The van der Waals surface area contributed by atoms with Crippen LogP contribution in [0.2, 0.25) is 5.02 Å². The van der Waals surface area contributed by atoms with Gasteiger partial charge in [0.25, 0.3) is 0 Å². The van der Waals surface area contributed by atoms with Crippen LogP contribution in [0.5, 0.6) is 11.5 Å². The van der Waals surface area contributed by atoms with Gasteiger partial charge in [0.05, 0.1) is 18.2 Å². The zero-order chi connectivity index (χ0) is 17.7. The Bertz CT molecular complexity index is 756. The van der Waals surface area contributed by atoms with Crippen LogP contribution in [0.25, 0.3) is 6.08 Å². The van der Waals surface area contributed by atoms with Gasteiger partial charge >= 0.3 is 0 Å². The number of ether oxygens (including phenoxy) is 2. The number of nitrogens with zero attached hydrogens (tertiary/aromatic N) is 1. The van der Waals surface area contributed by atoms with E-state index in [2.05, 4.69) is 10.3 Å². The summed E-state index contributed by atoms with van der Waals surface area (Å²) in [4.78, 5) is 17.0. The molecule has 1 heterocycles. The highest BCUT2D eigenvalue weighted by Gasteiger charge is 2.12. The number of aryl methyl sites for hydroxylation is 1. The summed E-state index contributed by atoms with van der Waals surface area (Å²) in [5, 5.41) is 3.70. The molecule has 0 spiro atoms. The number of rotatable bonds is 6. The number of methoxy groups -OCH3 is 1. The molecule has 0 atom stereocenters. The molecule has 0 aliphatic carbocycles. The minimum atomic E-state index is -0.262. The van der Waals surface area contributed by atoms with Crippen molar-refractivity contribution >= 4 is 40.1 Å². The molecule has 0 saturated carbocycles. The lowest BCUT2D eigenvalue weighted by molar-refractivity contribution is -0.111. The molecule has 0 fully saturated rings. The second-order valence-electron chi connectivity index (χ2n) is 5.30. The van der Waals surface area contributed by atoms with Gasteiger partial charge in [-0.05, 0) is 44.5 Å². The number of anilines is 1. The van der Waals surface area contributed by atoms with E-state index >= 15 is 0 Å². The van der Waals surface area contributed by atoms with Crippen LogP contribution in [0.15, 0.2) is 24.4 Å². The van der Waals surface area contributed by atoms with Crippen LogP contribution < -0.4 is 14.8 Å². The van der Waals surface area contributed by atoms with Crippen molar-refractivity contribution in [3.63, 3.8) is 0 Å². The van der Waals surface area contributed by atoms with E-state index < -0.39 is 0 Å². The van der Waals surface area contributed by atoms with Gasteiger partial charge in [0.1, 0.15) is 0 Å². The second kappa shape index (κ2) is 8.17. The molecule has 1 N–H and O–H groups in total. The summed E-state index contributed by atoms with van der Waals surface area (Å²) in [6.07, 6.45) is 4.77. The van der Waals surface area contributed by atoms with E-state index in [1.807, 2.05) is 20.8 Å². The largest absolute Gasteiger partial charge is 0.493 e. The number of hydrogen-bond acceptors (Lipinski definition) is 5. The van der Waals surface area contributed by atoms with Gasteiger partial charge in [0, 0.05) is 17.2 Å². The lowest BCUT2D eigenvalue weighted by Crippen LogP contribution is -2.08. The Morgan fingerprint density at radius 2 is 2.17 bits per heavy atom. The second-order valence-corrected chi connectivity index (χ2v) is 6.94. The van der Waals surface area contributed by atoms with Crippen LogP contribution in [-0.4, -0.2) is 24.1 Å². The maximum absolute atomic E-state index is 11.9. The average molecular weight is 367 g/mol. The van der Waals surface area contributed by atoms with Crippen LogP contribution in [0.4, 0.5) is 5.13 Å². The predicted molar refractivity (Wildman–Crippen MR) is 98.3 cm³/mol. The molecule has 24 heavy (non-hydrogen) atoms. The zero-order valence-electron chi connectivity index (χ0n) is 13.9. The number of carbonyl (C=O) groups is 1. The minimum absolute atomic E-state index is 0.0228. The molecule has 0 unspecified atom stereocenters. The average Bonchev–Trinajstić information content (AvgIpc) is 2.92. The lowest BCUT2D eigenvalue weighted by atomic mass is 10.2. The van der Waals surface area contributed by atoms with Crippen LogP contribution >= 0.6 is 22.9 Å². The van der Waals surface area contributed by atoms with Crippen molar-refractivity contribution in [2.75, 3.05) is 12.4 Å². The van der Waals surface area contributed by atoms with Crippen molar-refractivity contribution in [1.82, 2.24) is 4.98 Å². The third-order valence-electron chi connectivity index (χ3n) is 2.88. The fourth-order valence-corrected chi connectivity index (χ4v) is 2.85. The number of halogens is 1. The van der Waals surface area contributed by atoms with Crippen LogP contribution in [0.3, 0.4) is 0 Å². The fraction of sp³-hybridized carbons (Fsp3) is 0.294. The molecule has 2 rings (SSSR count). The topological polar surface area (TPSA) is 60.5 Å². The molecule has 0 saturated heterocycles. The van der Waals surface area contributed by atoms with Crippen LogP contribution in [0.1, 0.15) is 24.3 Å². The van der Waals surface area contributed by atoms with Crippen molar-refractivity contribution in [3.05, 3.63) is 39.9 Å². The summed E-state index contributed by atoms with van der Waals surface area (Å²) in [6, 6.07) is 3.49. The molecule has 1 amide bonds. The van der Waals surface area contributed by atoms with Crippen molar-refractivity contribution in [2.24, 2.45) is 0 Å². The first-order chi connectivity index (χ1) is 11.4. The lowest BCUT2D eigenvalue weighted by Gasteiger charge is -2.15. The minimum Gasteiger partial charge on any atom is -0.493 e. The van der Waals surface area contributed by atoms with E-state index in [-0.39, 0.29) is 12.0 Å². The van der Waals surface area contributed by atoms with E-state index in [1.165, 1.54) is 17.4 Å². The fourth-order valence-electron chi connectivity index (χ4n) is 1.92. The Balaban J connectivity index is 2.14. The molecule has 0 aliphatic rings. The summed E-state index contributed by atoms with van der Waals surface area (Å²) < 4.78 is 11.0. The highest BCUT2D eigenvalue weighted by atomic mass is 35.5. The Morgan fingerprint density at radius 1 is 1.42 bits per heavy atom. The van der Waals surface area contributed by atoms with Crippen molar-refractivity contribution < 1.29 is 14.3 Å². The standard InChI is InChI=1S/C17H19ClN2O3S/c1-10(2)23-16-13(18)7-12(8-14(16)22-4)5-6-15(21)20-17-19-9-11(3)24-17/h5-10H,1-4H3,(H,19,20,21). The highest BCUT2D eigenvalue weighted by molar-refractivity contribution is 7.15. The number of amides is 1. The SMILES string of the molecule is COc1cc(C=CC(=O)Nc2ncc(C)s2)cc(Cl)c1OC(C)C. The van der Waals surface area contributed by atoms with Crippen molar-refractivity contribution in [3.8, 4) is 11.5 Å². The number of hydrogen-bond donors (Lipinski definition) is 1. The first kappa shape index (κ1) is 18.3. The molecule has 0 aliphatic heterocycles. The third-order valence-corrected chi connectivity index (χ3v) is 3.99. The summed E-state index contributed by atoms with van der Waals surface area (Å²) in [6.45, 7) is 5.75. The van der Waals surface area contributed by atoms with E-state index in [1.54, 1.807) is 31.5 Å². The molecule has 5 nitrogen and oxygen atoms in total. The number of benzene rings is 1. The zero-order valence-corrected chi connectivity index (χ0v) is 15.5. The van der Waals surface area contributed by atoms with Gasteiger partial charge < -0.3 is 9.47 Å². The molecule has 7 heteroatoms. The highest BCUT2D eigenvalue weighted by Crippen LogP contribution is 2.37. The Kier molecular flexibility index (Phi) is 6.23. The van der Waals surface area contributed by atoms with E-state index in [4.69, 9.17) is 21.1 Å². The summed E-state index contributed by atoms with van der Waals surface area (Å²) in [5.74, 6) is 0.753. The summed E-state index contributed by atoms with van der Waals surface area (Å²) in [7, 11) is 1.55. The Morgan fingerprint density at radius 3 is 2.75 bits per heavy atom. The molecule has 0 bridgehead atoms. The van der Waals surface area contributed by atoms with Crippen LogP contribution in [0, 0.1) is 6.92 Å². The summed E-state index contributed by atoms with van der Waals surface area (Å²) >= 11 is 7.68. The molecule has 1 aromatic carbocycles. The van der Waals surface area contributed by atoms with Gasteiger partial charge in [0.15, 0.2) is 16.6 Å². The number of thiazole rings is 1. The van der Waals surface area contributed by atoms with E-state index in [9.17, 15) is 4.79 Å². The third kappa shape index (κ3) is 4.97. The first-order valence-electron chi connectivity index (χ1n) is 7.34. The van der Waals surface area contributed by atoms with Gasteiger partial charge in [-0.25, -0.2) is 4.98 Å². The first-order valence-corrected chi connectivity index (χ1v) is 8.54. The number of nitrogens with one attached hydrogen (secondary N) is 1. The maximum Gasteiger partial charge on any atom is 0.250 e. The quantitative estimate of drug-likeness (QED) is 0.762. The molecule has 0 radical (unpaired) electrons. The van der Waals surface area contributed by atoms with Gasteiger partial charge in [-0.15, -0.1) is 11.3 Å². The predicted octanol–water partition coefficient (Wildman–Crippen LogP) is 4.55. The molecular weight excluding hydrogens is 348 g/mol. The van der Waals surface area contributed by atoms with E-state index in [0.29, 0.717) is 21.7 Å². The van der Waals surface area contributed by atoms with Crippen molar-refractivity contribution in [2.45, 2.75) is 26.9 Å². The normalized spacial score (nSPS) is 11.1. The number of aromatic nitrogens is 1. The van der Waals surface area contributed by atoms with Crippen molar-refractivity contribution in [1.29, 1.82) is 0 Å². The van der Waals surface area contributed by atoms with Gasteiger partial charge in [-0.2, -0.15) is 0 Å². The maximum atomic E-state index is 11.9.